The molecule has 1 aromatic carbocycles. The van der Waals surface area contributed by atoms with Crippen molar-refractivity contribution < 1.29 is 18.9 Å². The van der Waals surface area contributed by atoms with Gasteiger partial charge in [0.1, 0.15) is 11.5 Å². The van der Waals surface area contributed by atoms with Gasteiger partial charge in [-0.2, -0.15) is 5.26 Å². The van der Waals surface area contributed by atoms with E-state index in [0.717, 1.165) is 62.3 Å². The summed E-state index contributed by atoms with van der Waals surface area (Å²) in [5, 5.41) is 9.08. The molecule has 2 saturated heterocycles. The molecule has 6 heteroatoms. The summed E-state index contributed by atoms with van der Waals surface area (Å²) in [5.74, 6) is 1.50. The molecule has 0 saturated carbocycles. The smallest absolute Gasteiger partial charge is 0.326 e. The quantitative estimate of drug-likeness (QED) is 0.557. The Balaban J connectivity index is 0.00000141. The Kier molecular flexibility index (Phi) is 10.1. The van der Waals surface area contributed by atoms with Crippen molar-refractivity contribution in [3.8, 4) is 11.8 Å². The fourth-order valence-electron chi connectivity index (χ4n) is 4.00. The van der Waals surface area contributed by atoms with Gasteiger partial charge in [-0.1, -0.05) is 32.4 Å². The first kappa shape index (κ1) is 24.3. The third-order valence-electron chi connectivity index (χ3n) is 5.65. The number of benzene rings is 1. The first-order valence-electron chi connectivity index (χ1n) is 12.0. The minimum atomic E-state index is -0.133. The Morgan fingerprint density at radius 2 is 1.97 bits per heavy atom. The van der Waals surface area contributed by atoms with Crippen LogP contribution in [0.15, 0.2) is 53.8 Å². The van der Waals surface area contributed by atoms with Crippen molar-refractivity contribution in [1.82, 2.24) is 0 Å². The van der Waals surface area contributed by atoms with Crippen molar-refractivity contribution >= 4 is 12.4 Å². The van der Waals surface area contributed by atoms with Gasteiger partial charge in [-0.15, -0.1) is 0 Å². The standard InChI is InChI=1S/C24H28BNO4.C2H6/c26-17-19-6-5-7-21(10-9-19)30-22-11-12-23(25-13-2-4-15-29-25)20(16-22)18-28-24-8-1-3-14-27-24;1-2/h6-7,9-12,16,24H,1-5,8,13-15,18H2;1-2H3. The highest BCUT2D eigenvalue weighted by atomic mass is 16.7. The Morgan fingerprint density at radius 1 is 1.09 bits per heavy atom. The zero-order chi connectivity index (χ0) is 22.6. The number of hydrogen-bond acceptors (Lipinski definition) is 5. The highest BCUT2D eigenvalue weighted by Gasteiger charge is 2.25. The molecule has 1 atom stereocenters. The van der Waals surface area contributed by atoms with E-state index in [9.17, 15) is 0 Å². The van der Waals surface area contributed by atoms with Crippen molar-refractivity contribution in [2.45, 2.75) is 71.6 Å². The third-order valence-corrected chi connectivity index (χ3v) is 5.65. The molecule has 0 amide bonds. The molecule has 2 heterocycles. The molecule has 0 aromatic heterocycles. The Morgan fingerprint density at radius 3 is 2.72 bits per heavy atom. The van der Waals surface area contributed by atoms with Crippen molar-refractivity contribution in [3.05, 3.63) is 59.4 Å². The summed E-state index contributed by atoms with van der Waals surface area (Å²) < 4.78 is 24.0. The highest BCUT2D eigenvalue weighted by Crippen LogP contribution is 2.22. The van der Waals surface area contributed by atoms with Gasteiger partial charge in [-0.3, -0.25) is 0 Å². The highest BCUT2D eigenvalue weighted by molar-refractivity contribution is 6.68. The summed E-state index contributed by atoms with van der Waals surface area (Å²) in [5.41, 5.74) is 2.91. The lowest BCUT2D eigenvalue weighted by Gasteiger charge is -2.25. The summed E-state index contributed by atoms with van der Waals surface area (Å²) in [6.45, 7) is 6.16. The van der Waals surface area contributed by atoms with E-state index in [1.807, 2.05) is 44.2 Å². The van der Waals surface area contributed by atoms with Crippen LogP contribution in [0.25, 0.3) is 0 Å². The topological polar surface area (TPSA) is 60.7 Å². The van der Waals surface area contributed by atoms with Gasteiger partial charge in [0.05, 0.1) is 12.7 Å². The van der Waals surface area contributed by atoms with Crippen molar-refractivity contribution in [3.63, 3.8) is 0 Å². The monoisotopic (exact) mass is 435 g/mol. The second kappa shape index (κ2) is 13.3. The average molecular weight is 435 g/mol. The first-order chi connectivity index (χ1) is 15.8. The number of allylic oxidation sites excluding steroid dienone is 5. The molecular weight excluding hydrogens is 401 g/mol. The van der Waals surface area contributed by atoms with E-state index in [1.54, 1.807) is 6.08 Å². The van der Waals surface area contributed by atoms with Crippen LogP contribution in [0.5, 0.6) is 5.75 Å². The van der Waals surface area contributed by atoms with E-state index in [0.29, 0.717) is 18.6 Å². The predicted molar refractivity (Wildman–Crippen MR) is 128 cm³/mol. The number of nitriles is 1. The molecule has 32 heavy (non-hydrogen) atoms. The normalized spacial score (nSPS) is 20.8. The average Bonchev–Trinajstić information content (AvgIpc) is 3.10. The van der Waals surface area contributed by atoms with Crippen LogP contribution in [0.2, 0.25) is 6.32 Å². The summed E-state index contributed by atoms with van der Waals surface area (Å²) in [6, 6.07) is 8.32. The molecule has 1 aromatic rings. The van der Waals surface area contributed by atoms with Gasteiger partial charge < -0.3 is 18.9 Å². The van der Waals surface area contributed by atoms with Gasteiger partial charge in [-0.05, 0) is 79.8 Å². The SMILES string of the molecule is CC.N#CC1=CCC=C(Oc2ccc(B3CCCCO3)c(COC3CCCCO3)c2)C=C1. The Hall–Kier alpha value is -2.33. The maximum atomic E-state index is 9.08. The van der Waals surface area contributed by atoms with Crippen LogP contribution in [-0.4, -0.2) is 26.4 Å². The fraction of sp³-hybridized carbons (Fsp3) is 0.500. The predicted octanol–water partition coefficient (Wildman–Crippen LogP) is 5.44. The fourth-order valence-corrected chi connectivity index (χ4v) is 4.00. The van der Waals surface area contributed by atoms with E-state index in [1.165, 1.54) is 11.9 Å². The molecule has 4 rings (SSSR count). The van der Waals surface area contributed by atoms with E-state index in [2.05, 4.69) is 12.1 Å². The largest absolute Gasteiger partial charge is 0.458 e. The van der Waals surface area contributed by atoms with E-state index in [-0.39, 0.29) is 13.2 Å². The van der Waals surface area contributed by atoms with Crippen molar-refractivity contribution in [2.24, 2.45) is 0 Å². The minimum Gasteiger partial charge on any atom is -0.458 e. The zero-order valence-corrected chi connectivity index (χ0v) is 19.3. The maximum absolute atomic E-state index is 9.08. The maximum Gasteiger partial charge on any atom is 0.326 e. The van der Waals surface area contributed by atoms with E-state index in [4.69, 9.17) is 24.1 Å². The van der Waals surface area contributed by atoms with Gasteiger partial charge in [0.15, 0.2) is 6.29 Å². The van der Waals surface area contributed by atoms with E-state index < -0.39 is 0 Å². The number of ether oxygens (including phenoxy) is 3. The molecule has 5 nitrogen and oxygen atoms in total. The lowest BCUT2D eigenvalue weighted by molar-refractivity contribution is -0.168. The molecule has 1 unspecified atom stereocenters. The molecule has 3 aliphatic rings. The van der Waals surface area contributed by atoms with Crippen LogP contribution in [-0.2, 0) is 20.7 Å². The van der Waals surface area contributed by atoms with Crippen LogP contribution in [0.3, 0.4) is 0 Å². The first-order valence-corrected chi connectivity index (χ1v) is 12.0. The number of rotatable bonds is 6. The lowest BCUT2D eigenvalue weighted by Crippen LogP contribution is -2.39. The van der Waals surface area contributed by atoms with Crippen molar-refractivity contribution in [2.75, 3.05) is 13.2 Å². The van der Waals surface area contributed by atoms with Crippen molar-refractivity contribution in [1.29, 1.82) is 5.26 Å². The second-order valence-corrected chi connectivity index (χ2v) is 7.87. The molecule has 170 valence electrons. The number of nitrogens with zero attached hydrogens (tertiary/aromatic N) is 1. The molecule has 0 bridgehead atoms. The summed E-state index contributed by atoms with van der Waals surface area (Å²) >= 11 is 0. The molecule has 0 N–H and O–H groups in total. The summed E-state index contributed by atoms with van der Waals surface area (Å²) in [4.78, 5) is 0. The summed E-state index contributed by atoms with van der Waals surface area (Å²) in [7, 11) is 0. The summed E-state index contributed by atoms with van der Waals surface area (Å²) in [6.07, 6.45) is 14.6. The second-order valence-electron chi connectivity index (χ2n) is 7.87. The van der Waals surface area contributed by atoms with Gasteiger partial charge >= 0.3 is 6.92 Å². The third kappa shape index (κ3) is 7.10. The molecule has 2 fully saturated rings. The zero-order valence-electron chi connectivity index (χ0n) is 19.3. The van der Waals surface area contributed by atoms with Crippen LogP contribution in [0, 0.1) is 11.3 Å². The van der Waals surface area contributed by atoms with Crippen LogP contribution in [0.4, 0.5) is 0 Å². The molecule has 0 spiro atoms. The Labute approximate surface area is 192 Å². The molecule has 1 aliphatic carbocycles. The van der Waals surface area contributed by atoms with Crippen LogP contribution in [0.1, 0.15) is 57.9 Å². The molecule has 0 radical (unpaired) electrons. The van der Waals surface area contributed by atoms with Gasteiger partial charge in [0.25, 0.3) is 0 Å². The van der Waals surface area contributed by atoms with Gasteiger partial charge in [0.2, 0.25) is 0 Å². The van der Waals surface area contributed by atoms with E-state index >= 15 is 0 Å². The van der Waals surface area contributed by atoms with Gasteiger partial charge in [-0.25, -0.2) is 0 Å². The van der Waals surface area contributed by atoms with Crippen LogP contribution < -0.4 is 10.2 Å². The minimum absolute atomic E-state index is 0.109. The lowest BCUT2D eigenvalue weighted by atomic mass is 9.55. The van der Waals surface area contributed by atoms with Crippen LogP contribution >= 0.6 is 0 Å². The number of hydrogen-bond donors (Lipinski definition) is 0. The van der Waals surface area contributed by atoms with Gasteiger partial charge in [0, 0.05) is 18.8 Å². The Bertz CT molecular complexity index is 859. The molecular formula is C26H34BNO4. The molecule has 2 aliphatic heterocycles.